The molecule has 0 spiro atoms. The quantitative estimate of drug-likeness (QED) is 0.749. The zero-order valence-electron chi connectivity index (χ0n) is 11.6. The van der Waals surface area contributed by atoms with Crippen molar-refractivity contribution in [3.8, 4) is 0 Å². The maximum Gasteiger partial charge on any atom is 0.257 e. The van der Waals surface area contributed by atoms with Crippen molar-refractivity contribution in [1.82, 2.24) is 19.0 Å². The molecule has 2 aliphatic heterocycles. The Morgan fingerprint density at radius 2 is 2.00 bits per heavy atom. The summed E-state index contributed by atoms with van der Waals surface area (Å²) in [6, 6.07) is -0.0666. The first-order valence-electron chi connectivity index (χ1n) is 6.64. The number of amides is 1. The van der Waals surface area contributed by atoms with Crippen molar-refractivity contribution in [1.29, 1.82) is 0 Å². The molecule has 2 fully saturated rings. The minimum atomic E-state index is -3.19. The SMILES string of the molecule is Cn1cc(C(=O)N2CC[C@H]3[C@@H]2CCN3S(C)(=O)=O)cn1. The summed E-state index contributed by atoms with van der Waals surface area (Å²) in [5.41, 5.74) is 0.561. The van der Waals surface area contributed by atoms with Crippen LogP contribution in [-0.2, 0) is 17.1 Å². The van der Waals surface area contributed by atoms with E-state index in [1.165, 1.54) is 10.6 Å². The molecule has 7 nitrogen and oxygen atoms in total. The van der Waals surface area contributed by atoms with Crippen molar-refractivity contribution in [3.63, 3.8) is 0 Å². The fraction of sp³-hybridized carbons (Fsp3) is 0.667. The molecule has 0 unspecified atom stereocenters. The third kappa shape index (κ3) is 2.12. The number of rotatable bonds is 2. The van der Waals surface area contributed by atoms with Crippen LogP contribution in [0.15, 0.2) is 12.4 Å². The molecule has 1 amide bonds. The van der Waals surface area contributed by atoms with Gasteiger partial charge >= 0.3 is 0 Å². The van der Waals surface area contributed by atoms with Gasteiger partial charge in [0.1, 0.15) is 0 Å². The Morgan fingerprint density at radius 1 is 1.30 bits per heavy atom. The highest BCUT2D eigenvalue weighted by Crippen LogP contribution is 2.33. The number of aromatic nitrogens is 2. The second kappa shape index (κ2) is 4.56. The minimum Gasteiger partial charge on any atom is -0.334 e. The third-order valence-corrected chi connectivity index (χ3v) is 5.47. The summed E-state index contributed by atoms with van der Waals surface area (Å²) in [4.78, 5) is 14.3. The van der Waals surface area contributed by atoms with Crippen LogP contribution in [0.4, 0.5) is 0 Å². The van der Waals surface area contributed by atoms with Crippen LogP contribution in [0.2, 0.25) is 0 Å². The lowest BCUT2D eigenvalue weighted by Gasteiger charge is -2.24. The molecule has 3 heterocycles. The first kappa shape index (κ1) is 13.6. The van der Waals surface area contributed by atoms with E-state index in [9.17, 15) is 13.2 Å². The number of hydrogen-bond acceptors (Lipinski definition) is 4. The summed E-state index contributed by atoms with van der Waals surface area (Å²) in [6.07, 6.45) is 5.91. The van der Waals surface area contributed by atoms with E-state index in [0.29, 0.717) is 31.5 Å². The standard InChI is InChI=1S/C12H18N4O3S/c1-14-8-9(7-13-14)12(17)15-5-3-11-10(15)4-6-16(11)20(2,18)19/h7-8,10-11H,3-6H2,1-2H3/t10-,11-/m0/s1. The summed E-state index contributed by atoms with van der Waals surface area (Å²) >= 11 is 0. The Kier molecular flexibility index (Phi) is 3.09. The van der Waals surface area contributed by atoms with Crippen LogP contribution >= 0.6 is 0 Å². The molecule has 0 aliphatic carbocycles. The van der Waals surface area contributed by atoms with Crippen molar-refractivity contribution >= 4 is 15.9 Å². The van der Waals surface area contributed by atoms with Gasteiger partial charge in [-0.1, -0.05) is 0 Å². The van der Waals surface area contributed by atoms with Gasteiger partial charge in [-0.05, 0) is 12.8 Å². The lowest BCUT2D eigenvalue weighted by molar-refractivity contribution is 0.0735. The summed E-state index contributed by atoms with van der Waals surface area (Å²) in [5, 5.41) is 4.01. The molecule has 0 aromatic carbocycles. The lowest BCUT2D eigenvalue weighted by atomic mass is 10.1. The predicted molar refractivity (Wildman–Crippen MR) is 72.6 cm³/mol. The maximum atomic E-state index is 12.5. The van der Waals surface area contributed by atoms with Gasteiger partial charge in [-0.2, -0.15) is 9.40 Å². The normalized spacial score (nSPS) is 27.0. The molecule has 2 atom stereocenters. The molecule has 8 heteroatoms. The maximum absolute atomic E-state index is 12.5. The fourth-order valence-corrected chi connectivity index (χ4v) is 4.48. The van der Waals surface area contributed by atoms with Crippen molar-refractivity contribution in [3.05, 3.63) is 18.0 Å². The van der Waals surface area contributed by atoms with E-state index in [0.717, 1.165) is 0 Å². The van der Waals surface area contributed by atoms with Crippen LogP contribution in [0.1, 0.15) is 23.2 Å². The topological polar surface area (TPSA) is 75.5 Å². The molecule has 110 valence electrons. The number of aryl methyl sites for hydroxylation is 1. The van der Waals surface area contributed by atoms with Crippen LogP contribution < -0.4 is 0 Å². The monoisotopic (exact) mass is 298 g/mol. The molecule has 2 saturated heterocycles. The number of nitrogens with zero attached hydrogens (tertiary/aromatic N) is 4. The zero-order chi connectivity index (χ0) is 14.5. The molecule has 20 heavy (non-hydrogen) atoms. The summed E-state index contributed by atoms with van der Waals surface area (Å²) < 4.78 is 26.6. The van der Waals surface area contributed by atoms with Gasteiger partial charge in [0.2, 0.25) is 10.0 Å². The van der Waals surface area contributed by atoms with Gasteiger partial charge in [0.05, 0.1) is 18.0 Å². The molecular formula is C12H18N4O3S. The minimum absolute atomic E-state index is 0.00238. The van der Waals surface area contributed by atoms with Gasteiger partial charge in [-0.3, -0.25) is 9.48 Å². The van der Waals surface area contributed by atoms with E-state index < -0.39 is 10.0 Å². The van der Waals surface area contributed by atoms with E-state index >= 15 is 0 Å². The average Bonchev–Trinajstić information content (AvgIpc) is 3.00. The number of likely N-dealkylation sites (tertiary alicyclic amines) is 1. The van der Waals surface area contributed by atoms with Gasteiger partial charge in [0, 0.05) is 38.4 Å². The van der Waals surface area contributed by atoms with Gasteiger partial charge < -0.3 is 4.90 Å². The lowest BCUT2D eigenvalue weighted by Crippen LogP contribution is -2.41. The molecule has 0 radical (unpaired) electrons. The summed E-state index contributed by atoms with van der Waals surface area (Å²) in [5.74, 6) is -0.0547. The van der Waals surface area contributed by atoms with Crippen LogP contribution in [-0.4, -0.2) is 64.7 Å². The molecule has 0 saturated carbocycles. The molecule has 0 bridgehead atoms. The average molecular weight is 298 g/mol. The second-order valence-electron chi connectivity index (χ2n) is 5.49. The fourth-order valence-electron chi connectivity index (χ4n) is 3.31. The molecule has 1 aromatic rings. The van der Waals surface area contributed by atoms with E-state index in [1.54, 1.807) is 29.0 Å². The molecule has 3 rings (SSSR count). The largest absolute Gasteiger partial charge is 0.334 e. The Balaban J connectivity index is 1.80. The van der Waals surface area contributed by atoms with Crippen LogP contribution in [0, 0.1) is 0 Å². The highest BCUT2D eigenvalue weighted by atomic mass is 32.2. The van der Waals surface area contributed by atoms with E-state index in [4.69, 9.17) is 0 Å². The number of hydrogen-bond donors (Lipinski definition) is 0. The van der Waals surface area contributed by atoms with Gasteiger partial charge in [-0.15, -0.1) is 0 Å². The summed E-state index contributed by atoms with van der Waals surface area (Å²) in [7, 11) is -1.42. The number of fused-ring (bicyclic) bond motifs is 1. The van der Waals surface area contributed by atoms with Crippen molar-refractivity contribution in [2.75, 3.05) is 19.3 Å². The zero-order valence-corrected chi connectivity index (χ0v) is 12.4. The Hall–Kier alpha value is -1.41. The third-order valence-electron chi connectivity index (χ3n) is 4.16. The van der Waals surface area contributed by atoms with E-state index in [-0.39, 0.29) is 18.0 Å². The van der Waals surface area contributed by atoms with Crippen LogP contribution in [0.25, 0.3) is 0 Å². The van der Waals surface area contributed by atoms with Gasteiger partial charge in [0.15, 0.2) is 0 Å². The molecule has 2 aliphatic rings. The van der Waals surface area contributed by atoms with E-state index in [2.05, 4.69) is 5.10 Å². The molecule has 0 N–H and O–H groups in total. The first-order valence-corrected chi connectivity index (χ1v) is 8.49. The number of carbonyl (C=O) groups is 1. The smallest absolute Gasteiger partial charge is 0.257 e. The van der Waals surface area contributed by atoms with Crippen LogP contribution in [0.3, 0.4) is 0 Å². The molecular weight excluding hydrogens is 280 g/mol. The summed E-state index contributed by atoms with van der Waals surface area (Å²) in [6.45, 7) is 1.11. The van der Waals surface area contributed by atoms with Crippen molar-refractivity contribution in [2.45, 2.75) is 24.9 Å². The number of carbonyl (C=O) groups excluding carboxylic acids is 1. The van der Waals surface area contributed by atoms with Gasteiger partial charge in [-0.25, -0.2) is 8.42 Å². The highest BCUT2D eigenvalue weighted by molar-refractivity contribution is 7.88. The highest BCUT2D eigenvalue weighted by Gasteiger charge is 2.47. The van der Waals surface area contributed by atoms with Gasteiger partial charge in [0.25, 0.3) is 5.91 Å². The number of sulfonamides is 1. The van der Waals surface area contributed by atoms with Crippen molar-refractivity contribution in [2.24, 2.45) is 7.05 Å². The van der Waals surface area contributed by atoms with Crippen molar-refractivity contribution < 1.29 is 13.2 Å². The molecule has 1 aromatic heterocycles. The Morgan fingerprint density at radius 3 is 2.60 bits per heavy atom. The first-order chi connectivity index (χ1) is 9.38. The van der Waals surface area contributed by atoms with E-state index in [1.807, 2.05) is 0 Å². The van der Waals surface area contributed by atoms with Crippen LogP contribution in [0.5, 0.6) is 0 Å². The predicted octanol–water partition coefficient (Wildman–Crippen LogP) is -0.331. The Labute approximate surface area is 118 Å². The Bertz CT molecular complexity index is 639. The second-order valence-corrected chi connectivity index (χ2v) is 7.42.